The number of benzene rings is 2. The first-order valence-corrected chi connectivity index (χ1v) is 6.47. The van der Waals surface area contributed by atoms with Gasteiger partial charge in [0.05, 0.1) is 6.04 Å². The maximum absolute atomic E-state index is 12.3. The molecule has 2 aromatic carbocycles. The van der Waals surface area contributed by atoms with E-state index in [2.05, 4.69) is 12.1 Å². The van der Waals surface area contributed by atoms with E-state index in [9.17, 15) is 4.79 Å². The molecule has 2 rings (SSSR count). The van der Waals surface area contributed by atoms with Crippen LogP contribution < -0.4 is 5.73 Å². The second kappa shape index (κ2) is 5.81. The highest BCUT2D eigenvalue weighted by molar-refractivity contribution is 5.87. The van der Waals surface area contributed by atoms with Crippen LogP contribution in [-0.2, 0) is 11.2 Å². The van der Waals surface area contributed by atoms with Gasteiger partial charge in [0.25, 0.3) is 0 Å². The van der Waals surface area contributed by atoms with Crippen molar-refractivity contribution in [3.8, 4) is 0 Å². The summed E-state index contributed by atoms with van der Waals surface area (Å²) in [4.78, 5) is 12.3. The predicted octanol–water partition coefficient (Wildman–Crippen LogP) is 3.12. The van der Waals surface area contributed by atoms with Crippen molar-refractivity contribution in [2.75, 3.05) is 0 Å². The lowest BCUT2D eigenvalue weighted by atomic mass is 9.95. The summed E-state index contributed by atoms with van der Waals surface area (Å²) in [6, 6.07) is 15.1. The van der Waals surface area contributed by atoms with Gasteiger partial charge in [-0.05, 0) is 30.5 Å². The summed E-state index contributed by atoms with van der Waals surface area (Å²) in [6.45, 7) is 4.06. The molecule has 0 saturated carbocycles. The quantitative estimate of drug-likeness (QED) is 0.909. The van der Waals surface area contributed by atoms with E-state index >= 15 is 0 Å². The van der Waals surface area contributed by atoms with Crippen molar-refractivity contribution < 1.29 is 4.79 Å². The minimum absolute atomic E-state index is 0.0555. The number of hydrogen-bond acceptors (Lipinski definition) is 2. The molecule has 1 atom stereocenters. The van der Waals surface area contributed by atoms with Crippen molar-refractivity contribution in [1.82, 2.24) is 0 Å². The number of Topliss-reactive ketones (excluding diaryl/α,β-unsaturated/α-hetero) is 1. The van der Waals surface area contributed by atoms with Crippen molar-refractivity contribution >= 4 is 5.78 Å². The molecule has 2 nitrogen and oxygen atoms in total. The van der Waals surface area contributed by atoms with Gasteiger partial charge in [0.1, 0.15) is 0 Å². The second-order valence-corrected chi connectivity index (χ2v) is 4.96. The lowest BCUT2D eigenvalue weighted by molar-refractivity contribution is -0.119. The zero-order valence-electron chi connectivity index (χ0n) is 11.4. The van der Waals surface area contributed by atoms with Crippen molar-refractivity contribution in [3.63, 3.8) is 0 Å². The number of carbonyl (C=O) groups excluding carboxylic acids is 1. The van der Waals surface area contributed by atoms with Crippen LogP contribution in [0.25, 0.3) is 0 Å². The Morgan fingerprint density at radius 3 is 2.47 bits per heavy atom. The topological polar surface area (TPSA) is 43.1 Å². The third kappa shape index (κ3) is 3.30. The molecule has 0 saturated heterocycles. The fourth-order valence-electron chi connectivity index (χ4n) is 2.13. The Morgan fingerprint density at radius 1 is 1.11 bits per heavy atom. The monoisotopic (exact) mass is 253 g/mol. The summed E-state index contributed by atoms with van der Waals surface area (Å²) in [5.41, 5.74) is 10.3. The van der Waals surface area contributed by atoms with E-state index < -0.39 is 6.04 Å². The Kier molecular flexibility index (Phi) is 4.13. The van der Waals surface area contributed by atoms with Crippen LogP contribution in [0.5, 0.6) is 0 Å². The summed E-state index contributed by atoms with van der Waals surface area (Å²) in [5, 5.41) is 0. The van der Waals surface area contributed by atoms with Crippen molar-refractivity contribution in [1.29, 1.82) is 0 Å². The number of hydrogen-bond donors (Lipinski definition) is 1. The van der Waals surface area contributed by atoms with Gasteiger partial charge in [0, 0.05) is 6.42 Å². The summed E-state index contributed by atoms with van der Waals surface area (Å²) >= 11 is 0. The first kappa shape index (κ1) is 13.5. The van der Waals surface area contributed by atoms with Gasteiger partial charge >= 0.3 is 0 Å². The first-order chi connectivity index (χ1) is 9.08. The zero-order chi connectivity index (χ0) is 13.8. The van der Waals surface area contributed by atoms with E-state index in [1.807, 2.05) is 50.2 Å². The number of aryl methyl sites for hydroxylation is 2. The molecular formula is C17H19NO. The standard InChI is InChI=1S/C17H19NO/c1-12-8-9-13(2)15(10-12)11-16(19)17(18)14-6-4-3-5-7-14/h3-10,17H,11,18H2,1-2H3. The molecule has 2 heteroatoms. The lowest BCUT2D eigenvalue weighted by Gasteiger charge is -2.12. The third-order valence-electron chi connectivity index (χ3n) is 3.37. The van der Waals surface area contributed by atoms with Crippen LogP contribution in [0.2, 0.25) is 0 Å². The van der Waals surface area contributed by atoms with Gasteiger partial charge in [-0.15, -0.1) is 0 Å². The van der Waals surface area contributed by atoms with E-state index in [1.54, 1.807) is 0 Å². The molecule has 0 aliphatic rings. The molecule has 0 heterocycles. The molecule has 0 spiro atoms. The van der Waals surface area contributed by atoms with Crippen LogP contribution in [0, 0.1) is 13.8 Å². The minimum atomic E-state index is -0.541. The van der Waals surface area contributed by atoms with Crippen LogP contribution in [0.15, 0.2) is 48.5 Å². The summed E-state index contributed by atoms with van der Waals surface area (Å²) < 4.78 is 0. The van der Waals surface area contributed by atoms with Gasteiger partial charge in [0.2, 0.25) is 0 Å². The minimum Gasteiger partial charge on any atom is -0.318 e. The molecule has 0 radical (unpaired) electrons. The SMILES string of the molecule is Cc1ccc(C)c(CC(=O)C(N)c2ccccc2)c1. The van der Waals surface area contributed by atoms with Crippen molar-refractivity contribution in [2.24, 2.45) is 5.73 Å². The van der Waals surface area contributed by atoms with Gasteiger partial charge in [-0.1, -0.05) is 54.1 Å². The van der Waals surface area contributed by atoms with E-state index in [0.29, 0.717) is 6.42 Å². The molecule has 2 N–H and O–H groups in total. The third-order valence-corrected chi connectivity index (χ3v) is 3.37. The van der Waals surface area contributed by atoms with Gasteiger partial charge in [0.15, 0.2) is 5.78 Å². The smallest absolute Gasteiger partial charge is 0.158 e. The summed E-state index contributed by atoms with van der Waals surface area (Å²) in [5.74, 6) is 0.0555. The van der Waals surface area contributed by atoms with Crippen LogP contribution in [0.3, 0.4) is 0 Å². The van der Waals surface area contributed by atoms with Crippen LogP contribution in [0.1, 0.15) is 28.3 Å². The maximum atomic E-state index is 12.3. The summed E-state index contributed by atoms with van der Waals surface area (Å²) in [7, 11) is 0. The fraction of sp³-hybridized carbons (Fsp3) is 0.235. The Labute approximate surface area is 114 Å². The number of carbonyl (C=O) groups is 1. The highest BCUT2D eigenvalue weighted by atomic mass is 16.1. The normalized spacial score (nSPS) is 12.2. The highest BCUT2D eigenvalue weighted by Gasteiger charge is 2.16. The Hall–Kier alpha value is -1.93. The summed E-state index contributed by atoms with van der Waals surface area (Å²) in [6.07, 6.45) is 0.392. The Morgan fingerprint density at radius 2 is 1.79 bits per heavy atom. The predicted molar refractivity (Wildman–Crippen MR) is 78.0 cm³/mol. The Bertz CT molecular complexity index is 575. The van der Waals surface area contributed by atoms with Crippen LogP contribution in [0.4, 0.5) is 0 Å². The molecule has 98 valence electrons. The number of rotatable bonds is 4. The Balaban J connectivity index is 2.15. The molecule has 0 fully saturated rings. The largest absolute Gasteiger partial charge is 0.318 e. The maximum Gasteiger partial charge on any atom is 0.158 e. The van der Waals surface area contributed by atoms with E-state index in [1.165, 1.54) is 5.56 Å². The molecule has 0 aliphatic carbocycles. The van der Waals surface area contributed by atoms with E-state index in [0.717, 1.165) is 16.7 Å². The van der Waals surface area contributed by atoms with Crippen molar-refractivity contribution in [2.45, 2.75) is 26.3 Å². The van der Waals surface area contributed by atoms with Gasteiger partial charge in [-0.2, -0.15) is 0 Å². The van der Waals surface area contributed by atoms with Crippen LogP contribution >= 0.6 is 0 Å². The second-order valence-electron chi connectivity index (χ2n) is 4.96. The number of ketones is 1. The van der Waals surface area contributed by atoms with Gasteiger partial charge in [-0.25, -0.2) is 0 Å². The van der Waals surface area contributed by atoms with Gasteiger partial charge < -0.3 is 5.73 Å². The van der Waals surface area contributed by atoms with E-state index in [-0.39, 0.29) is 5.78 Å². The first-order valence-electron chi connectivity index (χ1n) is 6.47. The molecule has 1 unspecified atom stereocenters. The van der Waals surface area contributed by atoms with Crippen molar-refractivity contribution in [3.05, 3.63) is 70.8 Å². The average Bonchev–Trinajstić information content (AvgIpc) is 2.43. The number of nitrogens with two attached hydrogens (primary N) is 1. The van der Waals surface area contributed by atoms with Crippen LogP contribution in [-0.4, -0.2) is 5.78 Å². The molecule has 0 amide bonds. The fourth-order valence-corrected chi connectivity index (χ4v) is 2.13. The molecule has 0 aliphatic heterocycles. The van der Waals surface area contributed by atoms with Gasteiger partial charge in [-0.3, -0.25) is 4.79 Å². The zero-order valence-corrected chi connectivity index (χ0v) is 11.4. The molecule has 19 heavy (non-hydrogen) atoms. The molecular weight excluding hydrogens is 234 g/mol. The van der Waals surface area contributed by atoms with E-state index in [4.69, 9.17) is 5.73 Å². The lowest BCUT2D eigenvalue weighted by Crippen LogP contribution is -2.23. The highest BCUT2D eigenvalue weighted by Crippen LogP contribution is 2.16. The molecule has 2 aromatic rings. The average molecular weight is 253 g/mol. The molecule has 0 bridgehead atoms. The molecule has 0 aromatic heterocycles.